The highest BCUT2D eigenvalue weighted by Crippen LogP contribution is 2.43. The number of nitrogens with two attached hydrogens (primary N) is 1. The van der Waals surface area contributed by atoms with Crippen molar-refractivity contribution < 1.29 is 32.5 Å². The van der Waals surface area contributed by atoms with Gasteiger partial charge in [0.1, 0.15) is 12.4 Å². The summed E-state index contributed by atoms with van der Waals surface area (Å²) in [6.07, 6.45) is 0. The van der Waals surface area contributed by atoms with Gasteiger partial charge in [0.2, 0.25) is 18.4 Å². The molecule has 0 aromatic heterocycles. The molecular weight excluding hydrogens is 374 g/mol. The van der Waals surface area contributed by atoms with E-state index in [1.165, 1.54) is 12.1 Å². The summed E-state index contributed by atoms with van der Waals surface area (Å²) in [7, 11) is 0. The van der Waals surface area contributed by atoms with E-state index in [1.807, 2.05) is 0 Å². The molecule has 7 nitrogen and oxygen atoms in total. The molecule has 150 valence electrons. The Balaban J connectivity index is 1.68. The van der Waals surface area contributed by atoms with E-state index in [0.29, 0.717) is 29.4 Å². The Morgan fingerprint density at radius 3 is 2.79 bits per heavy atom. The third-order valence-corrected chi connectivity index (χ3v) is 4.11. The number of amides is 1. The fraction of sp³-hybridized carbons (Fsp3) is 0.316. The molecule has 3 rings (SSSR count). The number of benzene rings is 2. The van der Waals surface area contributed by atoms with E-state index in [0.717, 1.165) is 5.56 Å². The summed E-state index contributed by atoms with van der Waals surface area (Å²) < 4.78 is 45.8. The van der Waals surface area contributed by atoms with Crippen molar-refractivity contribution in [2.24, 2.45) is 5.73 Å². The number of hydrogen-bond donors (Lipinski definition) is 2. The van der Waals surface area contributed by atoms with Crippen molar-refractivity contribution in [1.29, 1.82) is 0 Å². The van der Waals surface area contributed by atoms with Crippen molar-refractivity contribution in [3.05, 3.63) is 47.5 Å². The maximum atomic E-state index is 12.3. The summed E-state index contributed by atoms with van der Waals surface area (Å²) in [6.45, 7) is -0.673. The minimum Gasteiger partial charge on any atom is -0.485 e. The number of halogens is 2. The lowest BCUT2D eigenvalue weighted by Gasteiger charge is -2.14. The molecule has 0 saturated carbocycles. The maximum absolute atomic E-state index is 12.3. The van der Waals surface area contributed by atoms with Crippen LogP contribution in [0.25, 0.3) is 0 Å². The second kappa shape index (κ2) is 8.75. The van der Waals surface area contributed by atoms with E-state index in [1.54, 1.807) is 31.2 Å². The molecule has 3 N–H and O–H groups in total. The zero-order valence-corrected chi connectivity index (χ0v) is 15.1. The first-order chi connectivity index (χ1) is 13.4. The predicted molar refractivity (Wildman–Crippen MR) is 95.5 cm³/mol. The van der Waals surface area contributed by atoms with Crippen molar-refractivity contribution in [2.75, 3.05) is 6.79 Å². The van der Waals surface area contributed by atoms with E-state index in [9.17, 15) is 13.6 Å². The molecule has 0 radical (unpaired) electrons. The molecule has 9 heteroatoms. The smallest absolute Gasteiger partial charge is 0.387 e. The van der Waals surface area contributed by atoms with E-state index in [2.05, 4.69) is 10.1 Å². The molecule has 1 aliphatic rings. The lowest BCUT2D eigenvalue weighted by Crippen LogP contribution is -2.38. The lowest BCUT2D eigenvalue weighted by atomic mass is 10.1. The van der Waals surface area contributed by atoms with E-state index >= 15 is 0 Å². The summed E-state index contributed by atoms with van der Waals surface area (Å²) >= 11 is 0. The molecule has 28 heavy (non-hydrogen) atoms. The first-order valence-electron chi connectivity index (χ1n) is 8.54. The highest BCUT2D eigenvalue weighted by molar-refractivity contribution is 5.79. The van der Waals surface area contributed by atoms with Gasteiger partial charge in [0.15, 0.2) is 11.5 Å². The van der Waals surface area contributed by atoms with Crippen LogP contribution in [0, 0.1) is 0 Å². The Kier molecular flexibility index (Phi) is 6.15. The van der Waals surface area contributed by atoms with Crippen molar-refractivity contribution in [3.63, 3.8) is 0 Å². The molecule has 1 atom stereocenters. The molecule has 1 heterocycles. The molecule has 0 unspecified atom stereocenters. The number of alkyl halides is 2. The molecule has 0 aliphatic carbocycles. The van der Waals surface area contributed by atoms with Gasteiger partial charge in [0.05, 0.1) is 6.04 Å². The zero-order chi connectivity index (χ0) is 20.1. The number of carbonyl (C=O) groups excluding carboxylic acids is 1. The number of primary amides is 1. The van der Waals surface area contributed by atoms with Gasteiger partial charge in [-0.3, -0.25) is 4.79 Å². The molecular formula is C19H20F2N2O5. The summed E-state index contributed by atoms with van der Waals surface area (Å²) in [5.41, 5.74) is 6.69. The van der Waals surface area contributed by atoms with Gasteiger partial charge in [-0.15, -0.1) is 0 Å². The second-order valence-corrected chi connectivity index (χ2v) is 6.11. The van der Waals surface area contributed by atoms with Crippen molar-refractivity contribution in [3.8, 4) is 23.0 Å². The molecule has 0 fully saturated rings. The largest absolute Gasteiger partial charge is 0.485 e. The first-order valence-corrected chi connectivity index (χ1v) is 8.54. The highest BCUT2D eigenvalue weighted by atomic mass is 19.3. The predicted octanol–water partition coefficient (Wildman–Crippen LogP) is 2.56. The van der Waals surface area contributed by atoms with Crippen LogP contribution in [-0.4, -0.2) is 25.4 Å². The van der Waals surface area contributed by atoms with Crippen LogP contribution in [0.4, 0.5) is 8.78 Å². The van der Waals surface area contributed by atoms with Crippen LogP contribution >= 0.6 is 0 Å². The third-order valence-electron chi connectivity index (χ3n) is 4.11. The average molecular weight is 394 g/mol. The summed E-state index contributed by atoms with van der Waals surface area (Å²) in [4.78, 5) is 11.1. The fourth-order valence-electron chi connectivity index (χ4n) is 2.62. The van der Waals surface area contributed by atoms with E-state index in [-0.39, 0.29) is 19.1 Å². The van der Waals surface area contributed by atoms with Gasteiger partial charge in [-0.25, -0.2) is 0 Å². The molecule has 1 aliphatic heterocycles. The average Bonchev–Trinajstić information content (AvgIpc) is 3.14. The SMILES string of the molecule is C[C@H](NCc1ccc(OCc2cccc(OC(F)F)c2)c2c1OCO2)C(N)=O. The van der Waals surface area contributed by atoms with Gasteiger partial charge in [0, 0.05) is 12.1 Å². The standard InChI is InChI=1S/C19H20F2N2O5/c1-11(18(22)24)23-8-13-5-6-15(17-16(13)26-10-27-17)25-9-12-3-2-4-14(7-12)28-19(20)21/h2-7,11,19,23H,8-10H2,1H3,(H2,22,24)/t11-/m0/s1. The minimum absolute atomic E-state index is 0.0474. The van der Waals surface area contributed by atoms with Crippen molar-refractivity contribution >= 4 is 5.91 Å². The summed E-state index contributed by atoms with van der Waals surface area (Å²) in [6, 6.07) is 9.29. The van der Waals surface area contributed by atoms with Crippen LogP contribution in [0.15, 0.2) is 36.4 Å². The minimum atomic E-state index is -2.89. The molecule has 1 amide bonds. The molecule has 0 bridgehead atoms. The van der Waals surface area contributed by atoms with E-state index in [4.69, 9.17) is 19.9 Å². The van der Waals surface area contributed by atoms with Gasteiger partial charge in [-0.1, -0.05) is 18.2 Å². The highest BCUT2D eigenvalue weighted by Gasteiger charge is 2.23. The third kappa shape index (κ3) is 4.80. The number of rotatable bonds is 9. The first kappa shape index (κ1) is 19.7. The maximum Gasteiger partial charge on any atom is 0.387 e. The van der Waals surface area contributed by atoms with Gasteiger partial charge >= 0.3 is 6.61 Å². The normalized spacial score (nSPS) is 13.4. The number of nitrogens with one attached hydrogen (secondary N) is 1. The Bertz CT molecular complexity index is 847. The zero-order valence-electron chi connectivity index (χ0n) is 15.1. The Morgan fingerprint density at radius 2 is 2.04 bits per heavy atom. The Hall–Kier alpha value is -3.07. The van der Waals surface area contributed by atoms with Crippen molar-refractivity contribution in [2.45, 2.75) is 32.7 Å². The fourth-order valence-corrected chi connectivity index (χ4v) is 2.62. The van der Waals surface area contributed by atoms with Crippen LogP contribution in [0.3, 0.4) is 0 Å². The monoisotopic (exact) mass is 394 g/mol. The lowest BCUT2D eigenvalue weighted by molar-refractivity contribution is -0.119. The van der Waals surface area contributed by atoms with E-state index < -0.39 is 18.6 Å². The van der Waals surface area contributed by atoms with Gasteiger partial charge in [-0.05, 0) is 30.7 Å². The van der Waals surface area contributed by atoms with Crippen LogP contribution in [-0.2, 0) is 17.9 Å². The summed E-state index contributed by atoms with van der Waals surface area (Å²) in [5.74, 6) is 1.04. The Labute approximate surface area is 160 Å². The number of hydrogen-bond acceptors (Lipinski definition) is 6. The summed E-state index contributed by atoms with van der Waals surface area (Å²) in [5, 5.41) is 3.00. The molecule has 2 aromatic rings. The second-order valence-electron chi connectivity index (χ2n) is 6.11. The van der Waals surface area contributed by atoms with Crippen molar-refractivity contribution in [1.82, 2.24) is 5.32 Å². The Morgan fingerprint density at radius 1 is 1.25 bits per heavy atom. The number of ether oxygens (including phenoxy) is 4. The quantitative estimate of drug-likeness (QED) is 0.679. The van der Waals surface area contributed by atoms with Crippen LogP contribution in [0.1, 0.15) is 18.1 Å². The van der Waals surface area contributed by atoms with Crippen LogP contribution in [0.2, 0.25) is 0 Å². The topological polar surface area (TPSA) is 92.0 Å². The molecule has 0 saturated heterocycles. The van der Waals surface area contributed by atoms with Crippen LogP contribution < -0.4 is 30.0 Å². The molecule has 2 aromatic carbocycles. The molecule has 0 spiro atoms. The van der Waals surface area contributed by atoms with Crippen LogP contribution in [0.5, 0.6) is 23.0 Å². The van der Waals surface area contributed by atoms with Gasteiger partial charge in [0.25, 0.3) is 0 Å². The van der Waals surface area contributed by atoms with Gasteiger partial charge < -0.3 is 30.0 Å². The number of carbonyl (C=O) groups is 1. The number of fused-ring (bicyclic) bond motifs is 1. The van der Waals surface area contributed by atoms with Gasteiger partial charge in [-0.2, -0.15) is 8.78 Å².